The van der Waals surface area contributed by atoms with Crippen molar-refractivity contribution in [2.24, 2.45) is 0 Å². The molecule has 0 heterocycles. The number of nitrogens with zero attached hydrogens (tertiary/aromatic N) is 1. The first kappa shape index (κ1) is 13.7. The third-order valence-corrected chi connectivity index (χ3v) is 2.75. The van der Waals surface area contributed by atoms with Crippen LogP contribution in [-0.2, 0) is 6.54 Å². The van der Waals surface area contributed by atoms with E-state index in [0.717, 1.165) is 19.5 Å². The van der Waals surface area contributed by atoms with E-state index in [0.29, 0.717) is 0 Å². The Morgan fingerprint density at radius 3 is 2.53 bits per heavy atom. The summed E-state index contributed by atoms with van der Waals surface area (Å²) in [6, 6.07) is 10.6. The monoisotopic (exact) mass is 229 g/mol. The summed E-state index contributed by atoms with van der Waals surface area (Å²) in [5.74, 6) is 0. The third-order valence-electron chi connectivity index (χ3n) is 2.75. The SMILES string of the molecule is C/C=C\C=C(/CC)CN(C)Cc1ccccc1. The molecular weight excluding hydrogens is 206 g/mol. The summed E-state index contributed by atoms with van der Waals surface area (Å²) >= 11 is 0. The van der Waals surface area contributed by atoms with Crippen molar-refractivity contribution in [1.29, 1.82) is 0 Å². The van der Waals surface area contributed by atoms with Crippen LogP contribution in [0.2, 0.25) is 0 Å². The molecule has 0 spiro atoms. The largest absolute Gasteiger partial charge is 0.298 e. The highest BCUT2D eigenvalue weighted by atomic mass is 15.1. The zero-order valence-corrected chi connectivity index (χ0v) is 11.2. The van der Waals surface area contributed by atoms with Crippen LogP contribution in [-0.4, -0.2) is 18.5 Å². The van der Waals surface area contributed by atoms with Gasteiger partial charge in [-0.3, -0.25) is 4.90 Å². The first-order valence-electron chi connectivity index (χ1n) is 6.29. The smallest absolute Gasteiger partial charge is 0.0234 e. The van der Waals surface area contributed by atoms with E-state index in [1.165, 1.54) is 11.1 Å². The first-order valence-corrected chi connectivity index (χ1v) is 6.29. The van der Waals surface area contributed by atoms with Crippen molar-refractivity contribution >= 4 is 0 Å². The second-order valence-electron chi connectivity index (χ2n) is 4.36. The molecule has 1 aromatic rings. The molecule has 0 N–H and O–H groups in total. The van der Waals surface area contributed by atoms with E-state index in [1.807, 2.05) is 0 Å². The lowest BCUT2D eigenvalue weighted by atomic mass is 10.1. The second kappa shape index (κ2) is 7.86. The number of hydrogen-bond donors (Lipinski definition) is 0. The molecule has 1 aromatic carbocycles. The molecule has 1 rings (SSSR count). The van der Waals surface area contributed by atoms with Crippen LogP contribution in [0.1, 0.15) is 25.8 Å². The fraction of sp³-hybridized carbons (Fsp3) is 0.375. The van der Waals surface area contributed by atoms with Crippen molar-refractivity contribution in [1.82, 2.24) is 4.90 Å². The van der Waals surface area contributed by atoms with Gasteiger partial charge in [-0.1, -0.05) is 61.1 Å². The van der Waals surface area contributed by atoms with Crippen LogP contribution >= 0.6 is 0 Å². The van der Waals surface area contributed by atoms with Crippen molar-refractivity contribution < 1.29 is 0 Å². The van der Waals surface area contributed by atoms with Gasteiger partial charge in [-0.05, 0) is 26.0 Å². The van der Waals surface area contributed by atoms with Crippen molar-refractivity contribution in [3.8, 4) is 0 Å². The lowest BCUT2D eigenvalue weighted by Crippen LogP contribution is -2.20. The second-order valence-corrected chi connectivity index (χ2v) is 4.36. The van der Waals surface area contributed by atoms with Gasteiger partial charge in [0.25, 0.3) is 0 Å². The highest BCUT2D eigenvalue weighted by Crippen LogP contribution is 2.07. The molecule has 0 aromatic heterocycles. The van der Waals surface area contributed by atoms with E-state index in [1.54, 1.807) is 0 Å². The molecule has 0 radical (unpaired) electrons. The number of benzene rings is 1. The van der Waals surface area contributed by atoms with E-state index < -0.39 is 0 Å². The highest BCUT2D eigenvalue weighted by molar-refractivity contribution is 5.16. The topological polar surface area (TPSA) is 3.24 Å². The molecule has 0 atom stereocenters. The molecule has 1 nitrogen and oxygen atoms in total. The predicted molar refractivity (Wildman–Crippen MR) is 76.0 cm³/mol. The van der Waals surface area contributed by atoms with Gasteiger partial charge in [-0.15, -0.1) is 0 Å². The van der Waals surface area contributed by atoms with Crippen molar-refractivity contribution in [2.75, 3.05) is 13.6 Å². The van der Waals surface area contributed by atoms with Crippen LogP contribution in [0.15, 0.2) is 54.1 Å². The van der Waals surface area contributed by atoms with E-state index in [2.05, 4.69) is 74.4 Å². The fourth-order valence-electron chi connectivity index (χ4n) is 1.81. The van der Waals surface area contributed by atoms with Crippen LogP contribution < -0.4 is 0 Å². The van der Waals surface area contributed by atoms with Gasteiger partial charge in [0, 0.05) is 13.1 Å². The van der Waals surface area contributed by atoms with Gasteiger partial charge in [0.1, 0.15) is 0 Å². The molecule has 0 aliphatic carbocycles. The number of hydrogen-bond acceptors (Lipinski definition) is 1. The summed E-state index contributed by atoms with van der Waals surface area (Å²) in [6.45, 7) is 6.31. The highest BCUT2D eigenvalue weighted by Gasteiger charge is 2.01. The Morgan fingerprint density at radius 2 is 1.94 bits per heavy atom. The normalized spacial score (nSPS) is 12.6. The lowest BCUT2D eigenvalue weighted by Gasteiger charge is -2.18. The average Bonchev–Trinajstić information content (AvgIpc) is 2.35. The average molecular weight is 229 g/mol. The van der Waals surface area contributed by atoms with Crippen LogP contribution in [0.5, 0.6) is 0 Å². The third kappa shape index (κ3) is 5.50. The molecule has 0 unspecified atom stereocenters. The molecule has 0 fully saturated rings. The van der Waals surface area contributed by atoms with E-state index in [9.17, 15) is 0 Å². The molecule has 0 saturated carbocycles. The van der Waals surface area contributed by atoms with Crippen LogP contribution in [0.4, 0.5) is 0 Å². The Bertz CT molecular complexity index is 362. The molecule has 0 amide bonds. The summed E-state index contributed by atoms with van der Waals surface area (Å²) in [7, 11) is 2.17. The summed E-state index contributed by atoms with van der Waals surface area (Å²) in [5.41, 5.74) is 2.85. The van der Waals surface area contributed by atoms with E-state index >= 15 is 0 Å². The van der Waals surface area contributed by atoms with Gasteiger partial charge in [0.05, 0.1) is 0 Å². The first-order chi connectivity index (χ1) is 8.26. The minimum absolute atomic E-state index is 1.01. The van der Waals surface area contributed by atoms with Gasteiger partial charge in [0.2, 0.25) is 0 Å². The molecule has 92 valence electrons. The molecule has 17 heavy (non-hydrogen) atoms. The molecule has 0 saturated heterocycles. The summed E-state index contributed by atoms with van der Waals surface area (Å²) in [4.78, 5) is 2.36. The standard InChI is InChI=1S/C16H23N/c1-4-6-10-15(5-2)13-17(3)14-16-11-8-7-9-12-16/h4,6-12H,5,13-14H2,1-3H3/b6-4-,15-10+. The van der Waals surface area contributed by atoms with Crippen LogP contribution in [0.25, 0.3) is 0 Å². The van der Waals surface area contributed by atoms with E-state index in [4.69, 9.17) is 0 Å². The van der Waals surface area contributed by atoms with Crippen LogP contribution in [0.3, 0.4) is 0 Å². The molecule has 0 aliphatic heterocycles. The molecule has 0 aliphatic rings. The Labute approximate surface area is 105 Å². The molecular formula is C16H23N. The quantitative estimate of drug-likeness (QED) is 0.666. The predicted octanol–water partition coefficient (Wildman–Crippen LogP) is 4.03. The van der Waals surface area contributed by atoms with Gasteiger partial charge < -0.3 is 0 Å². The number of rotatable bonds is 6. The van der Waals surface area contributed by atoms with Gasteiger partial charge in [-0.2, -0.15) is 0 Å². The minimum atomic E-state index is 1.01. The van der Waals surface area contributed by atoms with Crippen molar-refractivity contribution in [3.63, 3.8) is 0 Å². The van der Waals surface area contributed by atoms with Crippen molar-refractivity contribution in [2.45, 2.75) is 26.8 Å². The Morgan fingerprint density at radius 1 is 1.24 bits per heavy atom. The Hall–Kier alpha value is -1.34. The number of likely N-dealkylation sites (N-methyl/N-ethyl adjacent to an activating group) is 1. The lowest BCUT2D eigenvalue weighted by molar-refractivity contribution is 0.352. The molecule has 0 bridgehead atoms. The summed E-state index contributed by atoms with van der Waals surface area (Å²) in [5, 5.41) is 0. The van der Waals surface area contributed by atoms with Gasteiger partial charge in [-0.25, -0.2) is 0 Å². The van der Waals surface area contributed by atoms with Crippen molar-refractivity contribution in [3.05, 3.63) is 59.7 Å². The zero-order chi connectivity index (χ0) is 12.5. The maximum absolute atomic E-state index is 2.36. The summed E-state index contributed by atoms with van der Waals surface area (Å²) < 4.78 is 0. The maximum Gasteiger partial charge on any atom is 0.0234 e. The van der Waals surface area contributed by atoms with Crippen LogP contribution in [0, 0.1) is 0 Å². The molecule has 1 heteroatoms. The zero-order valence-electron chi connectivity index (χ0n) is 11.2. The Balaban J connectivity index is 2.51. The summed E-state index contributed by atoms with van der Waals surface area (Å²) in [6.07, 6.45) is 7.53. The maximum atomic E-state index is 2.36. The minimum Gasteiger partial charge on any atom is -0.298 e. The van der Waals surface area contributed by atoms with Gasteiger partial charge >= 0.3 is 0 Å². The fourth-order valence-corrected chi connectivity index (χ4v) is 1.81. The van der Waals surface area contributed by atoms with E-state index in [-0.39, 0.29) is 0 Å². The number of allylic oxidation sites excluding steroid dienone is 3. The Kier molecular flexibility index (Phi) is 6.34. The van der Waals surface area contributed by atoms with Gasteiger partial charge in [0.15, 0.2) is 0 Å².